The highest BCUT2D eigenvalue weighted by molar-refractivity contribution is 5.51. The predicted molar refractivity (Wildman–Crippen MR) is 78.5 cm³/mol. The molecule has 2 nitrogen and oxygen atoms in total. The number of hydrogen-bond donors (Lipinski definition) is 2. The lowest BCUT2D eigenvalue weighted by Gasteiger charge is -2.31. The highest BCUT2D eigenvalue weighted by Crippen LogP contribution is 2.46. The van der Waals surface area contributed by atoms with Gasteiger partial charge in [0.1, 0.15) is 11.5 Å². The molecule has 1 aliphatic carbocycles. The molecule has 0 heterocycles. The summed E-state index contributed by atoms with van der Waals surface area (Å²) in [4.78, 5) is 0. The highest BCUT2D eigenvalue weighted by atomic mass is 16.3. The van der Waals surface area contributed by atoms with Gasteiger partial charge in [0.25, 0.3) is 0 Å². The largest absolute Gasteiger partial charge is 0.507 e. The van der Waals surface area contributed by atoms with Gasteiger partial charge in [-0.3, -0.25) is 0 Å². The van der Waals surface area contributed by atoms with E-state index in [9.17, 15) is 10.2 Å². The van der Waals surface area contributed by atoms with Crippen LogP contribution in [0.3, 0.4) is 0 Å². The number of benzene rings is 1. The molecule has 0 unspecified atom stereocenters. The SMILES string of the molecule is C=C(C)[C@H]1CCC(C)=C[C@@H]1c1c(O)cc(C)cc1O. The van der Waals surface area contributed by atoms with Crippen LogP contribution in [0.2, 0.25) is 0 Å². The first-order valence-electron chi connectivity index (χ1n) is 6.75. The van der Waals surface area contributed by atoms with E-state index < -0.39 is 0 Å². The van der Waals surface area contributed by atoms with Crippen LogP contribution in [0, 0.1) is 12.8 Å². The zero-order chi connectivity index (χ0) is 14.2. The van der Waals surface area contributed by atoms with Crippen LogP contribution in [0.5, 0.6) is 11.5 Å². The lowest BCUT2D eigenvalue weighted by Crippen LogP contribution is -2.17. The molecule has 102 valence electrons. The zero-order valence-electron chi connectivity index (χ0n) is 11.9. The lowest BCUT2D eigenvalue weighted by molar-refractivity contribution is 0.406. The number of aryl methyl sites for hydroxylation is 1. The summed E-state index contributed by atoms with van der Waals surface area (Å²) < 4.78 is 0. The minimum absolute atomic E-state index is 0.0202. The summed E-state index contributed by atoms with van der Waals surface area (Å²) in [6.45, 7) is 10.0. The molecule has 0 radical (unpaired) electrons. The average molecular weight is 258 g/mol. The van der Waals surface area contributed by atoms with Crippen LogP contribution in [0.4, 0.5) is 0 Å². The second-order valence-corrected chi connectivity index (χ2v) is 5.75. The van der Waals surface area contributed by atoms with E-state index >= 15 is 0 Å². The van der Waals surface area contributed by atoms with E-state index in [1.165, 1.54) is 5.57 Å². The first-order chi connectivity index (χ1) is 8.90. The van der Waals surface area contributed by atoms with E-state index in [-0.39, 0.29) is 23.3 Å². The first-order valence-corrected chi connectivity index (χ1v) is 6.75. The molecule has 2 rings (SSSR count). The third-order valence-electron chi connectivity index (χ3n) is 3.99. The Kier molecular flexibility index (Phi) is 3.70. The minimum Gasteiger partial charge on any atom is -0.507 e. The van der Waals surface area contributed by atoms with E-state index in [2.05, 4.69) is 19.6 Å². The van der Waals surface area contributed by atoms with Crippen LogP contribution in [0.1, 0.15) is 43.7 Å². The number of allylic oxidation sites excluding steroid dienone is 3. The van der Waals surface area contributed by atoms with Gasteiger partial charge >= 0.3 is 0 Å². The summed E-state index contributed by atoms with van der Waals surface area (Å²) in [7, 11) is 0. The van der Waals surface area contributed by atoms with Crippen molar-refractivity contribution < 1.29 is 10.2 Å². The average Bonchev–Trinajstić information content (AvgIpc) is 2.27. The van der Waals surface area contributed by atoms with Crippen molar-refractivity contribution in [2.45, 2.75) is 39.5 Å². The molecule has 0 saturated carbocycles. The topological polar surface area (TPSA) is 40.5 Å². The van der Waals surface area contributed by atoms with Crippen molar-refractivity contribution in [2.75, 3.05) is 0 Å². The molecule has 0 fully saturated rings. The molecule has 2 atom stereocenters. The third-order valence-corrected chi connectivity index (χ3v) is 3.99. The first kappa shape index (κ1) is 13.7. The fourth-order valence-electron chi connectivity index (χ4n) is 3.01. The van der Waals surface area contributed by atoms with Gasteiger partial charge in [-0.05, 0) is 57.2 Å². The second kappa shape index (κ2) is 5.12. The number of rotatable bonds is 2. The van der Waals surface area contributed by atoms with Gasteiger partial charge in [0.15, 0.2) is 0 Å². The van der Waals surface area contributed by atoms with E-state index in [1.54, 1.807) is 12.1 Å². The fraction of sp³-hybridized carbons (Fsp3) is 0.412. The van der Waals surface area contributed by atoms with Gasteiger partial charge in [0, 0.05) is 11.5 Å². The maximum atomic E-state index is 10.2. The van der Waals surface area contributed by atoms with Crippen molar-refractivity contribution in [1.29, 1.82) is 0 Å². The van der Waals surface area contributed by atoms with Gasteiger partial charge in [0.05, 0.1) is 0 Å². The Hall–Kier alpha value is -1.70. The van der Waals surface area contributed by atoms with Crippen LogP contribution < -0.4 is 0 Å². The predicted octanol–water partition coefficient (Wildman–Crippen LogP) is 4.42. The van der Waals surface area contributed by atoms with Crippen molar-refractivity contribution >= 4 is 0 Å². The molecule has 0 amide bonds. The third kappa shape index (κ3) is 2.67. The molecule has 0 saturated heterocycles. The Morgan fingerprint density at radius 3 is 2.32 bits per heavy atom. The highest BCUT2D eigenvalue weighted by Gasteiger charge is 2.29. The van der Waals surface area contributed by atoms with E-state index in [0.717, 1.165) is 24.0 Å². The van der Waals surface area contributed by atoms with Crippen LogP contribution in [0.15, 0.2) is 35.9 Å². The molecule has 19 heavy (non-hydrogen) atoms. The van der Waals surface area contributed by atoms with Gasteiger partial charge in [-0.15, -0.1) is 0 Å². The minimum atomic E-state index is 0.0202. The molecule has 2 heteroatoms. The molecule has 0 bridgehead atoms. The van der Waals surface area contributed by atoms with Gasteiger partial charge < -0.3 is 10.2 Å². The van der Waals surface area contributed by atoms with Gasteiger partial charge in [0.2, 0.25) is 0 Å². The van der Waals surface area contributed by atoms with Gasteiger partial charge in [-0.1, -0.05) is 23.8 Å². The van der Waals surface area contributed by atoms with Crippen LogP contribution in [-0.4, -0.2) is 10.2 Å². The zero-order valence-corrected chi connectivity index (χ0v) is 11.9. The van der Waals surface area contributed by atoms with Gasteiger partial charge in [-0.25, -0.2) is 0 Å². The fourth-order valence-corrected chi connectivity index (χ4v) is 3.01. The van der Waals surface area contributed by atoms with E-state index in [1.807, 2.05) is 13.8 Å². The quantitative estimate of drug-likeness (QED) is 0.771. The van der Waals surface area contributed by atoms with E-state index in [0.29, 0.717) is 5.56 Å². The summed E-state index contributed by atoms with van der Waals surface area (Å²) >= 11 is 0. The Bertz CT molecular complexity index is 517. The van der Waals surface area contributed by atoms with Crippen LogP contribution in [-0.2, 0) is 0 Å². The number of phenolic OH excluding ortho intramolecular Hbond substituents is 2. The molecule has 0 aromatic heterocycles. The molecule has 1 aromatic rings. The standard InChI is InChI=1S/C17H22O2/c1-10(2)13-6-5-11(3)7-14(13)17-15(18)8-12(4)9-16(17)19/h7-9,13-14,18-19H,1,5-6H2,2-4H3/t13-,14+/m1/s1. The maximum Gasteiger partial charge on any atom is 0.123 e. The molecular weight excluding hydrogens is 236 g/mol. The molecule has 1 aliphatic rings. The summed E-state index contributed by atoms with van der Waals surface area (Å²) in [5, 5.41) is 20.4. The normalized spacial score (nSPS) is 23.0. The maximum absolute atomic E-state index is 10.2. The van der Waals surface area contributed by atoms with E-state index in [4.69, 9.17) is 0 Å². The Morgan fingerprint density at radius 2 is 1.79 bits per heavy atom. The number of aromatic hydroxyl groups is 2. The van der Waals surface area contributed by atoms with Crippen molar-refractivity contribution in [3.8, 4) is 11.5 Å². The Morgan fingerprint density at radius 1 is 1.21 bits per heavy atom. The van der Waals surface area contributed by atoms with Crippen LogP contribution >= 0.6 is 0 Å². The summed E-state index contributed by atoms with van der Waals surface area (Å²) in [5.74, 6) is 0.662. The molecule has 2 N–H and O–H groups in total. The molecule has 0 spiro atoms. The lowest BCUT2D eigenvalue weighted by atomic mass is 9.74. The molecular formula is C17H22O2. The smallest absolute Gasteiger partial charge is 0.123 e. The van der Waals surface area contributed by atoms with Crippen LogP contribution in [0.25, 0.3) is 0 Å². The number of phenols is 2. The molecule has 0 aliphatic heterocycles. The summed E-state index contributed by atoms with van der Waals surface area (Å²) in [6.07, 6.45) is 4.24. The Labute approximate surface area is 115 Å². The molecule has 1 aromatic carbocycles. The van der Waals surface area contributed by atoms with Gasteiger partial charge in [-0.2, -0.15) is 0 Å². The van der Waals surface area contributed by atoms with Crippen molar-refractivity contribution in [1.82, 2.24) is 0 Å². The second-order valence-electron chi connectivity index (χ2n) is 5.75. The van der Waals surface area contributed by atoms with Crippen molar-refractivity contribution in [2.24, 2.45) is 5.92 Å². The van der Waals surface area contributed by atoms with Crippen molar-refractivity contribution in [3.05, 3.63) is 47.1 Å². The van der Waals surface area contributed by atoms with Crippen molar-refractivity contribution in [3.63, 3.8) is 0 Å². The number of hydrogen-bond acceptors (Lipinski definition) is 2. The monoisotopic (exact) mass is 258 g/mol. The summed E-state index contributed by atoms with van der Waals surface area (Å²) in [6, 6.07) is 3.42. The summed E-state index contributed by atoms with van der Waals surface area (Å²) in [5.41, 5.74) is 3.91. The Balaban J connectivity index is 2.54.